The zero-order valence-electron chi connectivity index (χ0n) is 14.9. The van der Waals surface area contributed by atoms with E-state index >= 15 is 0 Å². The monoisotopic (exact) mass is 301 g/mol. The van der Waals surface area contributed by atoms with Gasteiger partial charge in [0.25, 0.3) is 0 Å². The molecule has 0 aliphatic rings. The summed E-state index contributed by atoms with van der Waals surface area (Å²) < 4.78 is 11.6. The van der Waals surface area contributed by atoms with Crippen molar-refractivity contribution >= 4 is 29.6 Å². The molecule has 3 heteroatoms. The van der Waals surface area contributed by atoms with E-state index in [4.69, 9.17) is 9.47 Å². The summed E-state index contributed by atoms with van der Waals surface area (Å²) in [5.74, 6) is 0.901. The standard InChI is InChI=1S/C18H30O2.Na/c1-15(18(5,6)14-17(2,3)4)19-12-13-20-16-10-8-7-9-11-16;/h7-11,15H,12-14H2,1-6H3;. The van der Waals surface area contributed by atoms with Gasteiger partial charge in [-0.15, -0.1) is 0 Å². The van der Waals surface area contributed by atoms with E-state index < -0.39 is 0 Å². The second-order valence-electron chi connectivity index (χ2n) is 7.40. The van der Waals surface area contributed by atoms with Crippen LogP contribution < -0.4 is 4.74 Å². The van der Waals surface area contributed by atoms with Gasteiger partial charge in [-0.1, -0.05) is 52.8 Å². The number of rotatable bonds is 7. The fraction of sp³-hybridized carbons (Fsp3) is 0.667. The molecule has 1 aromatic carbocycles. The first kappa shape index (κ1) is 21.0. The molecule has 0 fully saturated rings. The van der Waals surface area contributed by atoms with Crippen molar-refractivity contribution < 1.29 is 9.47 Å². The Morgan fingerprint density at radius 2 is 1.52 bits per heavy atom. The Morgan fingerprint density at radius 3 is 2.05 bits per heavy atom. The predicted octanol–water partition coefficient (Wildman–Crippen LogP) is 4.55. The molecule has 0 saturated carbocycles. The second kappa shape index (κ2) is 9.19. The average Bonchev–Trinajstić information content (AvgIpc) is 2.32. The average molecular weight is 301 g/mol. The summed E-state index contributed by atoms with van der Waals surface area (Å²) in [6.07, 6.45) is 1.36. The number of benzene rings is 1. The maximum Gasteiger partial charge on any atom is 0.119 e. The summed E-state index contributed by atoms with van der Waals surface area (Å²) >= 11 is 0. The molecule has 0 bridgehead atoms. The van der Waals surface area contributed by atoms with Gasteiger partial charge in [0.15, 0.2) is 0 Å². The van der Waals surface area contributed by atoms with Gasteiger partial charge in [0, 0.05) is 29.6 Å². The van der Waals surface area contributed by atoms with Gasteiger partial charge in [-0.25, -0.2) is 0 Å². The van der Waals surface area contributed by atoms with E-state index in [0.29, 0.717) is 18.6 Å². The largest absolute Gasteiger partial charge is 0.491 e. The molecule has 1 aromatic rings. The van der Waals surface area contributed by atoms with Crippen LogP contribution in [0.4, 0.5) is 0 Å². The van der Waals surface area contributed by atoms with E-state index in [0.717, 1.165) is 12.2 Å². The van der Waals surface area contributed by atoms with Gasteiger partial charge in [0.1, 0.15) is 12.4 Å². The van der Waals surface area contributed by atoms with Crippen molar-refractivity contribution in [3.05, 3.63) is 30.3 Å². The molecular weight excluding hydrogens is 271 g/mol. The molecule has 1 unspecified atom stereocenters. The molecule has 115 valence electrons. The first-order chi connectivity index (χ1) is 9.21. The van der Waals surface area contributed by atoms with Crippen molar-refractivity contribution in [3.8, 4) is 5.75 Å². The molecule has 0 saturated heterocycles. The smallest absolute Gasteiger partial charge is 0.119 e. The van der Waals surface area contributed by atoms with Crippen LogP contribution >= 0.6 is 0 Å². The summed E-state index contributed by atoms with van der Waals surface area (Å²) in [5.41, 5.74) is 0.493. The molecule has 0 aliphatic carbocycles. The topological polar surface area (TPSA) is 18.5 Å². The molecule has 0 N–H and O–H groups in total. The Kier molecular flexibility index (Phi) is 9.18. The first-order valence-electron chi connectivity index (χ1n) is 7.50. The second-order valence-corrected chi connectivity index (χ2v) is 7.40. The van der Waals surface area contributed by atoms with Gasteiger partial charge in [-0.3, -0.25) is 0 Å². The van der Waals surface area contributed by atoms with Crippen LogP contribution in [0.2, 0.25) is 0 Å². The van der Waals surface area contributed by atoms with Crippen LogP contribution in [0.3, 0.4) is 0 Å². The number of hydrogen-bond donors (Lipinski definition) is 0. The van der Waals surface area contributed by atoms with E-state index in [1.54, 1.807) is 0 Å². The maximum absolute atomic E-state index is 5.95. The van der Waals surface area contributed by atoms with E-state index in [2.05, 4.69) is 41.5 Å². The van der Waals surface area contributed by atoms with Gasteiger partial charge in [-0.05, 0) is 36.3 Å². The van der Waals surface area contributed by atoms with Crippen molar-refractivity contribution in [3.63, 3.8) is 0 Å². The number of hydrogen-bond acceptors (Lipinski definition) is 2. The molecule has 2 nitrogen and oxygen atoms in total. The van der Waals surface area contributed by atoms with Crippen molar-refractivity contribution in [2.45, 2.75) is 54.1 Å². The van der Waals surface area contributed by atoms with Crippen LogP contribution in [0.25, 0.3) is 0 Å². The quantitative estimate of drug-likeness (QED) is 0.543. The molecule has 0 aromatic heterocycles. The summed E-state index contributed by atoms with van der Waals surface area (Å²) in [4.78, 5) is 0. The third kappa shape index (κ3) is 8.87. The van der Waals surface area contributed by atoms with Crippen LogP contribution in [-0.2, 0) is 4.74 Å². The first-order valence-corrected chi connectivity index (χ1v) is 7.50. The Balaban J connectivity index is 0.00000400. The van der Waals surface area contributed by atoms with Crippen LogP contribution in [0.15, 0.2) is 30.3 Å². The Labute approximate surface area is 152 Å². The van der Waals surface area contributed by atoms with Crippen molar-refractivity contribution in [1.82, 2.24) is 0 Å². The molecule has 0 aliphatic heterocycles. The summed E-state index contributed by atoms with van der Waals surface area (Å²) in [7, 11) is 0. The Hall–Kier alpha value is -0.0200. The third-order valence-corrected chi connectivity index (χ3v) is 3.55. The zero-order valence-corrected chi connectivity index (χ0v) is 16.9. The van der Waals surface area contributed by atoms with Gasteiger partial charge in [-0.2, -0.15) is 0 Å². The molecule has 1 rings (SSSR count). The Bertz CT molecular complexity index is 382. The van der Waals surface area contributed by atoms with E-state index in [-0.39, 0.29) is 41.1 Å². The van der Waals surface area contributed by atoms with Crippen molar-refractivity contribution in [2.24, 2.45) is 10.8 Å². The van der Waals surface area contributed by atoms with Crippen LogP contribution in [0, 0.1) is 10.8 Å². The van der Waals surface area contributed by atoms with Crippen LogP contribution in [-0.4, -0.2) is 48.9 Å². The normalized spacial score (nSPS) is 13.4. The summed E-state index contributed by atoms with van der Waals surface area (Å²) in [5, 5.41) is 0. The molecule has 0 heterocycles. The van der Waals surface area contributed by atoms with Crippen LogP contribution in [0.1, 0.15) is 48.0 Å². The fourth-order valence-electron chi connectivity index (χ4n) is 2.64. The minimum absolute atomic E-state index is 0. The molecule has 21 heavy (non-hydrogen) atoms. The van der Waals surface area contributed by atoms with E-state index in [1.165, 1.54) is 0 Å². The van der Waals surface area contributed by atoms with Crippen LogP contribution in [0.5, 0.6) is 5.75 Å². The van der Waals surface area contributed by atoms with E-state index in [1.807, 2.05) is 30.3 Å². The Morgan fingerprint density at radius 1 is 0.952 bits per heavy atom. The predicted molar refractivity (Wildman–Crippen MR) is 91.0 cm³/mol. The molecular formula is C18H30NaO2. The third-order valence-electron chi connectivity index (χ3n) is 3.55. The van der Waals surface area contributed by atoms with Crippen molar-refractivity contribution in [1.29, 1.82) is 0 Å². The van der Waals surface area contributed by atoms with Gasteiger partial charge in [0.2, 0.25) is 0 Å². The molecule has 1 atom stereocenters. The summed E-state index contributed by atoms with van der Waals surface area (Å²) in [6, 6.07) is 9.87. The molecule has 0 amide bonds. The molecule has 1 radical (unpaired) electrons. The minimum Gasteiger partial charge on any atom is -0.491 e. The van der Waals surface area contributed by atoms with E-state index in [9.17, 15) is 0 Å². The maximum atomic E-state index is 5.95. The SMILES string of the molecule is CC(OCCOc1ccccc1)C(C)(C)CC(C)(C)C.[Na]. The zero-order chi connectivity index (χ0) is 15.2. The number of ether oxygens (including phenoxy) is 2. The van der Waals surface area contributed by atoms with Gasteiger partial charge >= 0.3 is 0 Å². The number of para-hydroxylation sites is 1. The van der Waals surface area contributed by atoms with Gasteiger partial charge < -0.3 is 9.47 Å². The van der Waals surface area contributed by atoms with Gasteiger partial charge in [0.05, 0.1) is 12.7 Å². The minimum atomic E-state index is 0. The molecule has 0 spiro atoms. The summed E-state index contributed by atoms with van der Waals surface area (Å²) in [6.45, 7) is 14.8. The fourth-order valence-corrected chi connectivity index (χ4v) is 2.64. The van der Waals surface area contributed by atoms with Crippen molar-refractivity contribution in [2.75, 3.05) is 13.2 Å².